The molecule has 3 rings (SSSR count). The smallest absolute Gasteiger partial charge is 0.123 e. The Hall–Kier alpha value is -1.09. The number of rotatable bonds is 4. The molecule has 0 amide bonds. The Morgan fingerprint density at radius 2 is 2.21 bits per heavy atom. The molecule has 19 heavy (non-hydrogen) atoms. The minimum Gasteiger partial charge on any atom is -0.488 e. The molecular weight excluding hydrogens is 241 g/mol. The molecule has 3 heteroatoms. The molecule has 3 unspecified atom stereocenters. The van der Waals surface area contributed by atoms with Crippen LogP contribution >= 0.6 is 0 Å². The molecule has 1 aliphatic carbocycles. The molecule has 2 aliphatic rings. The van der Waals surface area contributed by atoms with Crippen molar-refractivity contribution in [2.24, 2.45) is 11.8 Å². The average Bonchev–Trinajstić information content (AvgIpc) is 2.95. The number of fused-ring (bicyclic) bond motifs is 1. The average molecular weight is 263 g/mol. The number of nitrogens with one attached hydrogen (secondary N) is 1. The number of hydrogen-bond donors (Lipinski definition) is 1. The molecule has 0 saturated heterocycles. The molecule has 0 aromatic heterocycles. The van der Waals surface area contributed by atoms with Gasteiger partial charge < -0.3 is 10.1 Å². The molecule has 1 N–H and O–H groups in total. The Morgan fingerprint density at radius 1 is 1.32 bits per heavy atom. The first kappa shape index (κ1) is 12.9. The van der Waals surface area contributed by atoms with Crippen LogP contribution in [-0.4, -0.2) is 19.2 Å². The van der Waals surface area contributed by atoms with E-state index in [4.69, 9.17) is 4.74 Å². The maximum atomic E-state index is 13.1. The van der Waals surface area contributed by atoms with Gasteiger partial charge in [0, 0.05) is 18.5 Å². The van der Waals surface area contributed by atoms with Gasteiger partial charge in [0.1, 0.15) is 17.7 Å². The third-order valence-electron chi connectivity index (χ3n) is 4.58. The van der Waals surface area contributed by atoms with E-state index in [2.05, 4.69) is 12.2 Å². The van der Waals surface area contributed by atoms with Crippen LogP contribution in [0, 0.1) is 17.7 Å². The van der Waals surface area contributed by atoms with Crippen LogP contribution in [0.3, 0.4) is 0 Å². The van der Waals surface area contributed by atoms with Crippen LogP contribution < -0.4 is 10.1 Å². The molecule has 2 nitrogen and oxygen atoms in total. The van der Waals surface area contributed by atoms with Gasteiger partial charge in [0.2, 0.25) is 0 Å². The van der Waals surface area contributed by atoms with Gasteiger partial charge in [-0.25, -0.2) is 4.39 Å². The van der Waals surface area contributed by atoms with E-state index in [0.717, 1.165) is 42.7 Å². The van der Waals surface area contributed by atoms with E-state index >= 15 is 0 Å². The summed E-state index contributed by atoms with van der Waals surface area (Å²) in [5.74, 6) is 2.35. The van der Waals surface area contributed by atoms with Crippen molar-refractivity contribution in [3.05, 3.63) is 29.6 Å². The van der Waals surface area contributed by atoms with E-state index in [9.17, 15) is 4.39 Å². The predicted octanol–water partition coefficient (Wildman–Crippen LogP) is 3.16. The van der Waals surface area contributed by atoms with E-state index < -0.39 is 0 Å². The summed E-state index contributed by atoms with van der Waals surface area (Å²) in [6, 6.07) is 4.80. The fourth-order valence-electron chi connectivity index (χ4n) is 3.36. The minimum atomic E-state index is -0.171. The number of ether oxygens (including phenoxy) is 1. The first-order valence-corrected chi connectivity index (χ1v) is 7.38. The summed E-state index contributed by atoms with van der Waals surface area (Å²) < 4.78 is 18.9. The topological polar surface area (TPSA) is 21.3 Å². The molecule has 1 heterocycles. The van der Waals surface area contributed by atoms with Gasteiger partial charge in [-0.2, -0.15) is 0 Å². The van der Waals surface area contributed by atoms with Gasteiger partial charge in [-0.15, -0.1) is 0 Å². The summed E-state index contributed by atoms with van der Waals surface area (Å²) in [6.45, 7) is 4.30. The lowest BCUT2D eigenvalue weighted by atomic mass is 9.98. The Bertz CT molecular complexity index is 448. The molecule has 1 fully saturated rings. The zero-order valence-corrected chi connectivity index (χ0v) is 11.5. The second-order valence-electron chi connectivity index (χ2n) is 6.02. The summed E-state index contributed by atoms with van der Waals surface area (Å²) in [5.41, 5.74) is 1.00. The molecule has 0 radical (unpaired) electrons. The van der Waals surface area contributed by atoms with Gasteiger partial charge in [0.25, 0.3) is 0 Å². The van der Waals surface area contributed by atoms with E-state index in [-0.39, 0.29) is 11.9 Å². The lowest BCUT2D eigenvalue weighted by molar-refractivity contribution is 0.222. The van der Waals surface area contributed by atoms with Gasteiger partial charge in [-0.3, -0.25) is 0 Å². The number of benzene rings is 1. The third-order valence-corrected chi connectivity index (χ3v) is 4.58. The monoisotopic (exact) mass is 263 g/mol. The van der Waals surface area contributed by atoms with E-state index in [1.165, 1.54) is 25.3 Å². The Kier molecular flexibility index (Phi) is 3.74. The van der Waals surface area contributed by atoms with Crippen molar-refractivity contribution in [3.63, 3.8) is 0 Å². The van der Waals surface area contributed by atoms with Crippen LogP contribution in [0.1, 0.15) is 31.7 Å². The quantitative estimate of drug-likeness (QED) is 0.901. The first-order chi connectivity index (χ1) is 9.22. The maximum Gasteiger partial charge on any atom is 0.123 e. The van der Waals surface area contributed by atoms with Crippen molar-refractivity contribution in [2.75, 3.05) is 13.1 Å². The van der Waals surface area contributed by atoms with Crippen LogP contribution in [-0.2, 0) is 6.42 Å². The summed E-state index contributed by atoms with van der Waals surface area (Å²) in [5, 5.41) is 3.53. The highest BCUT2D eigenvalue weighted by molar-refractivity contribution is 5.37. The Morgan fingerprint density at radius 3 is 3.00 bits per heavy atom. The van der Waals surface area contributed by atoms with Gasteiger partial charge in [0.05, 0.1) is 0 Å². The lowest BCUT2D eigenvalue weighted by Crippen LogP contribution is -2.33. The summed E-state index contributed by atoms with van der Waals surface area (Å²) in [7, 11) is 0. The fraction of sp³-hybridized carbons (Fsp3) is 0.625. The molecule has 0 bridgehead atoms. The van der Waals surface area contributed by atoms with Crippen LogP contribution in [0.25, 0.3) is 0 Å². The molecule has 104 valence electrons. The van der Waals surface area contributed by atoms with Crippen molar-refractivity contribution >= 4 is 0 Å². The van der Waals surface area contributed by atoms with Crippen LogP contribution in [0.2, 0.25) is 0 Å². The van der Waals surface area contributed by atoms with Crippen molar-refractivity contribution < 1.29 is 9.13 Å². The molecule has 0 spiro atoms. The molecule has 3 atom stereocenters. The highest BCUT2D eigenvalue weighted by Crippen LogP contribution is 2.31. The van der Waals surface area contributed by atoms with E-state index in [0.29, 0.717) is 0 Å². The molecule has 1 saturated carbocycles. The van der Waals surface area contributed by atoms with Crippen molar-refractivity contribution in [1.29, 1.82) is 0 Å². The lowest BCUT2D eigenvalue weighted by Gasteiger charge is -2.18. The van der Waals surface area contributed by atoms with Crippen molar-refractivity contribution in [2.45, 2.75) is 38.7 Å². The summed E-state index contributed by atoms with van der Waals surface area (Å²) >= 11 is 0. The number of hydrogen-bond acceptors (Lipinski definition) is 2. The maximum absolute atomic E-state index is 13.1. The van der Waals surface area contributed by atoms with E-state index in [1.54, 1.807) is 12.1 Å². The second kappa shape index (κ2) is 5.49. The standard InChI is InChI=1S/C16H22FNO/c1-11-3-2-4-12(11)9-18-10-15-8-13-7-14(17)5-6-16(13)19-15/h5-7,11-12,15,18H,2-4,8-10H2,1H3. The molecule has 1 aliphatic heterocycles. The third kappa shape index (κ3) is 2.92. The predicted molar refractivity (Wildman–Crippen MR) is 73.9 cm³/mol. The molecule has 1 aromatic rings. The van der Waals surface area contributed by atoms with Crippen LogP contribution in [0.4, 0.5) is 4.39 Å². The van der Waals surface area contributed by atoms with Gasteiger partial charge in [-0.05, 0) is 43.0 Å². The van der Waals surface area contributed by atoms with Gasteiger partial charge in [-0.1, -0.05) is 19.8 Å². The highest BCUT2D eigenvalue weighted by atomic mass is 19.1. The summed E-state index contributed by atoms with van der Waals surface area (Å²) in [6.07, 6.45) is 5.08. The number of halogens is 1. The highest BCUT2D eigenvalue weighted by Gasteiger charge is 2.25. The van der Waals surface area contributed by atoms with E-state index in [1.807, 2.05) is 0 Å². The van der Waals surface area contributed by atoms with Crippen molar-refractivity contribution in [1.82, 2.24) is 5.32 Å². The fourth-order valence-corrected chi connectivity index (χ4v) is 3.36. The Labute approximate surface area is 114 Å². The van der Waals surface area contributed by atoms with Crippen molar-refractivity contribution in [3.8, 4) is 5.75 Å². The second-order valence-corrected chi connectivity index (χ2v) is 6.02. The SMILES string of the molecule is CC1CCCC1CNCC1Cc2cc(F)ccc2O1. The molecular formula is C16H22FNO. The Balaban J connectivity index is 1.46. The minimum absolute atomic E-state index is 0.161. The largest absolute Gasteiger partial charge is 0.488 e. The normalized spacial score (nSPS) is 29.3. The van der Waals surface area contributed by atoms with Crippen LogP contribution in [0.5, 0.6) is 5.75 Å². The summed E-state index contributed by atoms with van der Waals surface area (Å²) in [4.78, 5) is 0. The van der Waals surface area contributed by atoms with Gasteiger partial charge >= 0.3 is 0 Å². The molecule has 1 aromatic carbocycles. The zero-order valence-electron chi connectivity index (χ0n) is 11.5. The first-order valence-electron chi connectivity index (χ1n) is 7.38. The zero-order chi connectivity index (χ0) is 13.2. The van der Waals surface area contributed by atoms with Gasteiger partial charge in [0.15, 0.2) is 0 Å². The van der Waals surface area contributed by atoms with Crippen LogP contribution in [0.15, 0.2) is 18.2 Å².